The number of hydrogen-bond acceptors (Lipinski definition) is 2. The van der Waals surface area contributed by atoms with Crippen LogP contribution < -0.4 is 4.74 Å². The van der Waals surface area contributed by atoms with Gasteiger partial charge in [0.1, 0.15) is 11.9 Å². The third-order valence-corrected chi connectivity index (χ3v) is 4.67. The monoisotopic (exact) mass is 296 g/mol. The zero-order chi connectivity index (χ0) is 11.5. The van der Waals surface area contributed by atoms with E-state index in [1.54, 1.807) is 12.1 Å². The molecule has 1 nitrogen and oxygen atoms in total. The molecule has 0 unspecified atom stereocenters. The molecule has 1 fully saturated rings. The van der Waals surface area contributed by atoms with Crippen molar-refractivity contribution in [3.05, 3.63) is 27.2 Å². The molecule has 0 N–H and O–H groups in total. The quantitative estimate of drug-likeness (QED) is 0.716. The minimum atomic E-state index is 0.273. The topological polar surface area (TPSA) is 9.23 Å². The lowest BCUT2D eigenvalue weighted by atomic mass is 10.2. The Balaban J connectivity index is 2.09. The summed E-state index contributed by atoms with van der Waals surface area (Å²) in [6.07, 6.45) is 2.42. The van der Waals surface area contributed by atoms with E-state index in [0.717, 1.165) is 24.3 Å². The summed E-state index contributed by atoms with van der Waals surface area (Å²) in [7, 11) is 0. The lowest BCUT2D eigenvalue weighted by molar-refractivity contribution is 0.192. The molecule has 0 spiro atoms. The maximum atomic E-state index is 5.94. The van der Waals surface area contributed by atoms with Gasteiger partial charge in [0, 0.05) is 12.1 Å². The van der Waals surface area contributed by atoms with Crippen molar-refractivity contribution < 1.29 is 4.74 Å². The van der Waals surface area contributed by atoms with Crippen molar-refractivity contribution in [2.45, 2.75) is 18.9 Å². The Bertz CT molecular complexity index is 354. The summed E-state index contributed by atoms with van der Waals surface area (Å²) in [6, 6.07) is 3.44. The summed E-state index contributed by atoms with van der Waals surface area (Å²) in [5.74, 6) is 3.01. The minimum Gasteiger partial charge on any atom is -0.490 e. The van der Waals surface area contributed by atoms with E-state index in [-0.39, 0.29) is 6.10 Å². The Morgan fingerprint density at radius 1 is 1.06 bits per heavy atom. The first-order valence-corrected chi connectivity index (χ1v) is 7.34. The van der Waals surface area contributed by atoms with Gasteiger partial charge in [-0.3, -0.25) is 0 Å². The van der Waals surface area contributed by atoms with Crippen LogP contribution in [-0.4, -0.2) is 17.6 Å². The van der Waals surface area contributed by atoms with Crippen molar-refractivity contribution in [2.24, 2.45) is 0 Å². The summed E-state index contributed by atoms with van der Waals surface area (Å²) in [6.45, 7) is 0. The van der Waals surface area contributed by atoms with Gasteiger partial charge in [-0.1, -0.05) is 34.8 Å². The van der Waals surface area contributed by atoms with E-state index in [4.69, 9.17) is 39.5 Å². The maximum Gasteiger partial charge on any atom is 0.122 e. The maximum absolute atomic E-state index is 5.94. The molecule has 0 aromatic heterocycles. The van der Waals surface area contributed by atoms with Gasteiger partial charge in [-0.15, -0.1) is 0 Å². The van der Waals surface area contributed by atoms with Crippen molar-refractivity contribution in [3.63, 3.8) is 0 Å². The average molecular weight is 298 g/mol. The van der Waals surface area contributed by atoms with Gasteiger partial charge in [0.15, 0.2) is 0 Å². The number of benzene rings is 1. The Morgan fingerprint density at radius 2 is 1.62 bits per heavy atom. The van der Waals surface area contributed by atoms with Crippen molar-refractivity contribution in [2.75, 3.05) is 11.5 Å². The Hall–Kier alpha value is 0.240. The second-order valence-corrected chi connectivity index (χ2v) is 6.05. The SMILES string of the molecule is Clc1cc(OC2CCSCC2)cc(Cl)c1Cl. The molecule has 0 bridgehead atoms. The molecule has 0 radical (unpaired) electrons. The molecule has 0 aliphatic carbocycles. The zero-order valence-corrected chi connectivity index (χ0v) is 11.6. The van der Waals surface area contributed by atoms with Crippen LogP contribution in [-0.2, 0) is 0 Å². The highest BCUT2D eigenvalue weighted by Crippen LogP contribution is 2.35. The lowest BCUT2D eigenvalue weighted by Crippen LogP contribution is -2.22. The normalized spacial score (nSPS) is 17.4. The molecule has 1 aliphatic heterocycles. The third kappa shape index (κ3) is 3.13. The van der Waals surface area contributed by atoms with Crippen LogP contribution in [0.25, 0.3) is 0 Å². The summed E-state index contributed by atoms with van der Waals surface area (Å²) in [5.41, 5.74) is 0. The van der Waals surface area contributed by atoms with Gasteiger partial charge in [-0.05, 0) is 24.3 Å². The van der Waals surface area contributed by atoms with Crippen molar-refractivity contribution in [3.8, 4) is 5.75 Å². The van der Waals surface area contributed by atoms with Gasteiger partial charge in [0.05, 0.1) is 15.1 Å². The first kappa shape index (κ1) is 12.7. The fourth-order valence-corrected chi connectivity index (χ4v) is 3.23. The van der Waals surface area contributed by atoms with E-state index in [2.05, 4.69) is 0 Å². The minimum absolute atomic E-state index is 0.273. The van der Waals surface area contributed by atoms with Gasteiger partial charge in [0.25, 0.3) is 0 Å². The molecule has 88 valence electrons. The molecule has 16 heavy (non-hydrogen) atoms. The van der Waals surface area contributed by atoms with E-state index in [9.17, 15) is 0 Å². The summed E-state index contributed by atoms with van der Waals surface area (Å²) in [4.78, 5) is 0. The number of rotatable bonds is 2. The van der Waals surface area contributed by atoms with Crippen molar-refractivity contribution in [1.29, 1.82) is 0 Å². The summed E-state index contributed by atoms with van der Waals surface area (Å²) < 4.78 is 5.83. The fraction of sp³-hybridized carbons (Fsp3) is 0.455. The average Bonchev–Trinajstić information content (AvgIpc) is 2.27. The molecule has 1 aliphatic rings. The molecule has 1 aromatic rings. The predicted octanol–water partition coefficient (Wildman–Crippen LogP) is 4.92. The molecular formula is C11H11Cl3OS. The van der Waals surface area contributed by atoms with Crippen LogP contribution in [0.15, 0.2) is 12.1 Å². The molecule has 2 rings (SSSR count). The summed E-state index contributed by atoms with van der Waals surface area (Å²) in [5, 5.41) is 1.26. The lowest BCUT2D eigenvalue weighted by Gasteiger charge is -2.23. The molecule has 0 saturated carbocycles. The zero-order valence-electron chi connectivity index (χ0n) is 8.51. The smallest absolute Gasteiger partial charge is 0.122 e. The number of halogens is 3. The Labute approximate surface area is 114 Å². The first-order chi connectivity index (χ1) is 7.66. The van der Waals surface area contributed by atoms with Gasteiger partial charge in [-0.2, -0.15) is 11.8 Å². The van der Waals surface area contributed by atoms with Gasteiger partial charge < -0.3 is 4.74 Å². The van der Waals surface area contributed by atoms with E-state index in [1.807, 2.05) is 11.8 Å². The highest BCUT2D eigenvalue weighted by molar-refractivity contribution is 7.99. The van der Waals surface area contributed by atoms with Crippen LogP contribution in [0.3, 0.4) is 0 Å². The standard InChI is InChI=1S/C11H11Cl3OS/c12-9-5-8(6-10(13)11(9)14)15-7-1-3-16-4-2-7/h5-7H,1-4H2. The molecule has 0 atom stereocenters. The van der Waals surface area contributed by atoms with Crippen LogP contribution >= 0.6 is 46.6 Å². The fourth-order valence-electron chi connectivity index (χ4n) is 1.59. The van der Waals surface area contributed by atoms with Crippen LogP contribution in [0.4, 0.5) is 0 Å². The van der Waals surface area contributed by atoms with Gasteiger partial charge in [-0.25, -0.2) is 0 Å². The van der Waals surface area contributed by atoms with Crippen molar-refractivity contribution >= 4 is 46.6 Å². The molecular weight excluding hydrogens is 287 g/mol. The Kier molecular flexibility index (Phi) is 4.54. The number of ether oxygens (including phenoxy) is 1. The van der Waals surface area contributed by atoms with Crippen molar-refractivity contribution in [1.82, 2.24) is 0 Å². The van der Waals surface area contributed by atoms with Crippen LogP contribution in [0, 0.1) is 0 Å². The van der Waals surface area contributed by atoms with Gasteiger partial charge >= 0.3 is 0 Å². The molecule has 5 heteroatoms. The molecule has 1 saturated heterocycles. The summed E-state index contributed by atoms with van der Waals surface area (Å²) >= 11 is 19.7. The highest BCUT2D eigenvalue weighted by atomic mass is 35.5. The predicted molar refractivity (Wildman–Crippen MR) is 72.4 cm³/mol. The number of thioether (sulfide) groups is 1. The van der Waals surface area contributed by atoms with E-state index in [0.29, 0.717) is 20.8 Å². The van der Waals surface area contributed by atoms with Gasteiger partial charge in [0.2, 0.25) is 0 Å². The first-order valence-electron chi connectivity index (χ1n) is 5.06. The molecule has 1 heterocycles. The van der Waals surface area contributed by atoms with E-state index < -0.39 is 0 Å². The second kappa shape index (κ2) is 5.72. The van der Waals surface area contributed by atoms with Crippen LogP contribution in [0.5, 0.6) is 5.75 Å². The highest BCUT2D eigenvalue weighted by Gasteiger charge is 2.16. The van der Waals surface area contributed by atoms with E-state index >= 15 is 0 Å². The van der Waals surface area contributed by atoms with Crippen LogP contribution in [0.2, 0.25) is 15.1 Å². The molecule has 0 amide bonds. The Morgan fingerprint density at radius 3 is 2.19 bits per heavy atom. The largest absolute Gasteiger partial charge is 0.490 e. The second-order valence-electron chi connectivity index (χ2n) is 3.63. The van der Waals surface area contributed by atoms with Crippen LogP contribution in [0.1, 0.15) is 12.8 Å². The third-order valence-electron chi connectivity index (χ3n) is 2.43. The van der Waals surface area contributed by atoms with E-state index in [1.165, 1.54) is 0 Å². The molecule has 1 aromatic carbocycles. The number of hydrogen-bond donors (Lipinski definition) is 0.